The summed E-state index contributed by atoms with van der Waals surface area (Å²) >= 11 is 0. The lowest BCUT2D eigenvalue weighted by molar-refractivity contribution is 0.842. The highest BCUT2D eigenvalue weighted by molar-refractivity contribution is 4.94. The lowest BCUT2D eigenvalue weighted by Crippen LogP contribution is -1.70. The zero-order valence-electron chi connectivity index (χ0n) is 5.70. The van der Waals surface area contributed by atoms with Crippen molar-refractivity contribution in [1.29, 1.82) is 0 Å². The summed E-state index contributed by atoms with van der Waals surface area (Å²) in [4.78, 5) is 0. The molecule has 0 aromatic heterocycles. The Morgan fingerprint density at radius 2 is 2.25 bits per heavy atom. The van der Waals surface area contributed by atoms with Crippen LogP contribution in [0.3, 0.4) is 0 Å². The number of unbranched alkanes of at least 4 members (excludes halogenated alkanes) is 3. The summed E-state index contributed by atoms with van der Waals surface area (Å²) in [6.45, 7) is 3.97. The van der Waals surface area contributed by atoms with E-state index in [0.717, 1.165) is 6.42 Å². The zero-order valence-corrected chi connectivity index (χ0v) is 5.70. The molecule has 0 N–H and O–H groups in total. The van der Waals surface area contributed by atoms with Gasteiger partial charge in [0.25, 0.3) is 0 Å². The van der Waals surface area contributed by atoms with Crippen molar-refractivity contribution in [2.75, 3.05) is 0 Å². The SMILES string of the molecule is CC#CCCC[CH]C. The molecule has 0 spiro atoms. The minimum atomic E-state index is 1.06. The summed E-state index contributed by atoms with van der Waals surface area (Å²) in [5.41, 5.74) is 0. The van der Waals surface area contributed by atoms with Crippen LogP contribution >= 0.6 is 0 Å². The topological polar surface area (TPSA) is 0 Å². The molecule has 0 amide bonds. The molecule has 0 fully saturated rings. The quantitative estimate of drug-likeness (QED) is 0.385. The Balaban J connectivity index is 2.79. The van der Waals surface area contributed by atoms with Crippen molar-refractivity contribution in [1.82, 2.24) is 0 Å². The van der Waals surface area contributed by atoms with E-state index in [0.29, 0.717) is 0 Å². The molecule has 0 aliphatic rings. The Hall–Kier alpha value is -0.440. The molecule has 0 aromatic carbocycles. The maximum Gasteiger partial charge on any atom is 0.00886 e. The molecular weight excluding hydrogens is 96.1 g/mol. The smallest absolute Gasteiger partial charge is 0.00886 e. The van der Waals surface area contributed by atoms with E-state index in [1.165, 1.54) is 12.8 Å². The Kier molecular flexibility index (Phi) is 6.20. The van der Waals surface area contributed by atoms with Crippen LogP contribution in [0.25, 0.3) is 0 Å². The maximum absolute atomic E-state index is 3.01. The molecule has 0 heterocycles. The molecule has 0 bridgehead atoms. The second kappa shape index (κ2) is 6.56. The molecule has 0 heteroatoms. The average molecular weight is 109 g/mol. The van der Waals surface area contributed by atoms with Crippen molar-refractivity contribution in [2.45, 2.75) is 33.1 Å². The van der Waals surface area contributed by atoms with Gasteiger partial charge in [0.05, 0.1) is 0 Å². The molecule has 8 heavy (non-hydrogen) atoms. The highest BCUT2D eigenvalue weighted by Gasteiger charge is 1.78. The van der Waals surface area contributed by atoms with E-state index >= 15 is 0 Å². The fourth-order valence-corrected chi connectivity index (χ4v) is 0.520. The van der Waals surface area contributed by atoms with Gasteiger partial charge in [-0.2, -0.15) is 0 Å². The molecule has 0 aromatic rings. The zero-order chi connectivity index (χ0) is 6.24. The van der Waals surface area contributed by atoms with Gasteiger partial charge in [0, 0.05) is 6.42 Å². The van der Waals surface area contributed by atoms with E-state index in [9.17, 15) is 0 Å². The molecular formula is C8H13. The minimum absolute atomic E-state index is 1.06. The van der Waals surface area contributed by atoms with E-state index in [4.69, 9.17) is 0 Å². The van der Waals surface area contributed by atoms with Crippen LogP contribution in [-0.2, 0) is 0 Å². The summed E-state index contributed by atoms with van der Waals surface area (Å²) < 4.78 is 0. The summed E-state index contributed by atoms with van der Waals surface area (Å²) in [5.74, 6) is 5.88. The fourth-order valence-electron chi connectivity index (χ4n) is 0.520. The van der Waals surface area contributed by atoms with Gasteiger partial charge in [0.15, 0.2) is 0 Å². The molecule has 0 unspecified atom stereocenters. The predicted octanol–water partition coefficient (Wildman–Crippen LogP) is 2.40. The monoisotopic (exact) mass is 109 g/mol. The van der Waals surface area contributed by atoms with Gasteiger partial charge in [-0.1, -0.05) is 6.92 Å². The van der Waals surface area contributed by atoms with Crippen LogP contribution in [0.4, 0.5) is 0 Å². The Bertz CT molecular complexity index is 81.9. The van der Waals surface area contributed by atoms with Crippen molar-refractivity contribution >= 4 is 0 Å². The first-order valence-corrected chi connectivity index (χ1v) is 3.09. The van der Waals surface area contributed by atoms with Crippen molar-refractivity contribution in [3.63, 3.8) is 0 Å². The molecule has 1 radical (unpaired) electrons. The first-order valence-electron chi connectivity index (χ1n) is 3.09. The summed E-state index contributed by atoms with van der Waals surface area (Å²) in [5, 5.41) is 0. The van der Waals surface area contributed by atoms with E-state index in [2.05, 4.69) is 25.2 Å². The van der Waals surface area contributed by atoms with Gasteiger partial charge in [-0.05, 0) is 26.2 Å². The van der Waals surface area contributed by atoms with Crippen molar-refractivity contribution in [2.24, 2.45) is 0 Å². The lowest BCUT2D eigenvalue weighted by Gasteiger charge is -1.86. The van der Waals surface area contributed by atoms with Crippen molar-refractivity contribution < 1.29 is 0 Å². The van der Waals surface area contributed by atoms with Crippen LogP contribution in [0.15, 0.2) is 0 Å². The highest BCUT2D eigenvalue weighted by Crippen LogP contribution is 1.94. The molecule has 0 atom stereocenters. The Morgan fingerprint density at radius 1 is 1.50 bits per heavy atom. The molecule has 0 nitrogen and oxygen atoms in total. The molecule has 45 valence electrons. The van der Waals surface area contributed by atoms with Gasteiger partial charge < -0.3 is 0 Å². The first kappa shape index (κ1) is 7.56. The molecule has 0 saturated heterocycles. The van der Waals surface area contributed by atoms with Crippen LogP contribution < -0.4 is 0 Å². The average Bonchev–Trinajstić information content (AvgIpc) is 1.81. The number of rotatable bonds is 3. The van der Waals surface area contributed by atoms with Gasteiger partial charge in [-0.3, -0.25) is 0 Å². The van der Waals surface area contributed by atoms with Crippen LogP contribution in [0.1, 0.15) is 33.1 Å². The van der Waals surface area contributed by atoms with Gasteiger partial charge in [0.2, 0.25) is 0 Å². The third-order valence-electron chi connectivity index (χ3n) is 0.971. The van der Waals surface area contributed by atoms with Crippen molar-refractivity contribution in [3.05, 3.63) is 6.42 Å². The maximum atomic E-state index is 3.01. The highest BCUT2D eigenvalue weighted by atomic mass is 13.8. The third-order valence-corrected chi connectivity index (χ3v) is 0.971. The van der Waals surface area contributed by atoms with Crippen molar-refractivity contribution in [3.8, 4) is 11.8 Å². The van der Waals surface area contributed by atoms with Gasteiger partial charge in [-0.15, -0.1) is 11.8 Å². The third kappa shape index (κ3) is 5.56. The van der Waals surface area contributed by atoms with Gasteiger partial charge in [0.1, 0.15) is 0 Å². The first-order chi connectivity index (χ1) is 3.91. The predicted molar refractivity (Wildman–Crippen MR) is 37.3 cm³/mol. The largest absolute Gasteiger partial charge is 0.107 e. The van der Waals surface area contributed by atoms with Crippen LogP contribution in [0.5, 0.6) is 0 Å². The Morgan fingerprint density at radius 3 is 2.75 bits per heavy atom. The summed E-state index contributed by atoms with van der Waals surface area (Å²) in [7, 11) is 0. The lowest BCUT2D eigenvalue weighted by atomic mass is 10.2. The standard InChI is InChI=1S/C8H13/c1-3-5-7-8-6-4-2/h3H,5,7-8H2,1-2H3. The summed E-state index contributed by atoms with van der Waals surface area (Å²) in [6.07, 6.45) is 5.66. The second-order valence-electron chi connectivity index (χ2n) is 1.73. The Labute approximate surface area is 52.3 Å². The van der Waals surface area contributed by atoms with E-state index in [1.807, 2.05) is 6.92 Å². The molecule has 0 aliphatic carbocycles. The second-order valence-corrected chi connectivity index (χ2v) is 1.73. The molecule has 0 aliphatic heterocycles. The normalized spacial score (nSPS) is 7.75. The molecule has 0 rings (SSSR count). The molecule has 0 saturated carbocycles. The fraction of sp³-hybridized carbons (Fsp3) is 0.625. The van der Waals surface area contributed by atoms with Crippen LogP contribution in [0.2, 0.25) is 0 Å². The van der Waals surface area contributed by atoms with Crippen LogP contribution in [0, 0.1) is 18.3 Å². The van der Waals surface area contributed by atoms with Crippen LogP contribution in [-0.4, -0.2) is 0 Å². The number of hydrogen-bond acceptors (Lipinski definition) is 0. The minimum Gasteiger partial charge on any atom is -0.107 e. The van der Waals surface area contributed by atoms with E-state index in [1.54, 1.807) is 0 Å². The van der Waals surface area contributed by atoms with Gasteiger partial charge >= 0.3 is 0 Å². The van der Waals surface area contributed by atoms with Gasteiger partial charge in [-0.25, -0.2) is 0 Å². The van der Waals surface area contributed by atoms with E-state index in [-0.39, 0.29) is 0 Å². The number of hydrogen-bond donors (Lipinski definition) is 0. The van der Waals surface area contributed by atoms with E-state index < -0.39 is 0 Å². The summed E-state index contributed by atoms with van der Waals surface area (Å²) in [6, 6.07) is 0.